The van der Waals surface area contributed by atoms with Crippen molar-refractivity contribution in [2.75, 3.05) is 13.6 Å². The third kappa shape index (κ3) is 2.56. The smallest absolute Gasteiger partial charge is 0.241 e. The van der Waals surface area contributed by atoms with Crippen LogP contribution in [0, 0.1) is 0 Å². The molecule has 2 aromatic rings. The summed E-state index contributed by atoms with van der Waals surface area (Å²) in [6, 6.07) is 9.99. The van der Waals surface area contributed by atoms with Gasteiger partial charge in [0.25, 0.3) is 0 Å². The Morgan fingerprint density at radius 1 is 1.38 bits per heavy atom. The van der Waals surface area contributed by atoms with Crippen LogP contribution in [0.15, 0.2) is 36.5 Å². The number of benzene rings is 1. The number of aromatic nitrogens is 2. The first kappa shape index (κ1) is 13.8. The Labute approximate surface area is 124 Å². The highest BCUT2D eigenvalue weighted by atomic mass is 16.2. The first-order chi connectivity index (χ1) is 10.2. The van der Waals surface area contributed by atoms with Crippen LogP contribution in [0.5, 0.6) is 0 Å². The van der Waals surface area contributed by atoms with Crippen LogP contribution in [0.2, 0.25) is 0 Å². The second kappa shape index (κ2) is 5.69. The second-order valence-electron chi connectivity index (χ2n) is 5.38. The lowest BCUT2D eigenvalue weighted by molar-refractivity contribution is -0.126. The largest absolute Gasteiger partial charge is 0.358 e. The first-order valence-corrected chi connectivity index (χ1v) is 7.21. The maximum atomic E-state index is 12.4. The van der Waals surface area contributed by atoms with Crippen molar-refractivity contribution in [1.29, 1.82) is 0 Å². The predicted octanol–water partition coefficient (Wildman–Crippen LogP) is 1.27. The normalized spacial score (nSPS) is 18.3. The zero-order valence-electron chi connectivity index (χ0n) is 12.4. The Bertz CT molecular complexity index is 649. The minimum Gasteiger partial charge on any atom is -0.358 e. The lowest BCUT2D eigenvalue weighted by Crippen LogP contribution is -2.43. The number of carbonyl (C=O) groups excluding carboxylic acids is 1. The molecule has 1 unspecified atom stereocenters. The molecule has 1 aliphatic heterocycles. The number of likely N-dealkylation sites (N-methyl/N-ethyl adjacent to an activating group) is 1. The van der Waals surface area contributed by atoms with E-state index in [1.165, 1.54) is 5.56 Å². The zero-order chi connectivity index (χ0) is 14.8. The molecule has 1 N–H and O–H groups in total. The van der Waals surface area contributed by atoms with Gasteiger partial charge in [0.2, 0.25) is 5.91 Å². The van der Waals surface area contributed by atoms with E-state index in [9.17, 15) is 4.79 Å². The van der Waals surface area contributed by atoms with Crippen LogP contribution in [0.1, 0.15) is 22.9 Å². The number of nitrogens with one attached hydrogen (secondary N) is 1. The standard InChI is InChI=1S/C16H20N4O/c1-17-16(21)15-14-6-4-3-5-12(14)8-10-20(15)11-13-7-9-18-19(13)2/h3-7,9,15H,8,10-11H2,1-2H3,(H,17,21). The van der Waals surface area contributed by atoms with E-state index in [1.54, 1.807) is 13.2 Å². The van der Waals surface area contributed by atoms with Crippen LogP contribution in [0.25, 0.3) is 0 Å². The Hall–Kier alpha value is -2.14. The molecule has 1 atom stereocenters. The highest BCUT2D eigenvalue weighted by Crippen LogP contribution is 2.30. The van der Waals surface area contributed by atoms with Crippen molar-refractivity contribution >= 4 is 5.91 Å². The fourth-order valence-electron chi connectivity index (χ4n) is 3.00. The van der Waals surface area contributed by atoms with E-state index in [1.807, 2.05) is 29.9 Å². The van der Waals surface area contributed by atoms with Gasteiger partial charge in [-0.15, -0.1) is 0 Å². The zero-order valence-corrected chi connectivity index (χ0v) is 12.4. The number of hydrogen-bond acceptors (Lipinski definition) is 3. The van der Waals surface area contributed by atoms with E-state index >= 15 is 0 Å². The number of nitrogens with zero attached hydrogens (tertiary/aromatic N) is 3. The van der Waals surface area contributed by atoms with Gasteiger partial charge in [-0.05, 0) is 23.6 Å². The predicted molar refractivity (Wildman–Crippen MR) is 80.6 cm³/mol. The van der Waals surface area contributed by atoms with Gasteiger partial charge in [0.05, 0.1) is 5.69 Å². The average Bonchev–Trinajstić information content (AvgIpc) is 2.91. The van der Waals surface area contributed by atoms with E-state index < -0.39 is 0 Å². The van der Waals surface area contributed by atoms with E-state index in [-0.39, 0.29) is 11.9 Å². The Morgan fingerprint density at radius 3 is 2.90 bits per heavy atom. The van der Waals surface area contributed by atoms with E-state index in [2.05, 4.69) is 27.4 Å². The van der Waals surface area contributed by atoms with E-state index in [0.29, 0.717) is 0 Å². The quantitative estimate of drug-likeness (QED) is 0.923. The number of amides is 1. The molecule has 21 heavy (non-hydrogen) atoms. The van der Waals surface area contributed by atoms with Gasteiger partial charge in [0, 0.05) is 33.4 Å². The maximum Gasteiger partial charge on any atom is 0.241 e. The topological polar surface area (TPSA) is 50.2 Å². The number of rotatable bonds is 3. The van der Waals surface area contributed by atoms with E-state index in [4.69, 9.17) is 0 Å². The van der Waals surface area contributed by atoms with Crippen molar-refractivity contribution < 1.29 is 4.79 Å². The molecule has 0 spiro atoms. The first-order valence-electron chi connectivity index (χ1n) is 7.21. The molecule has 0 saturated heterocycles. The molecule has 1 aromatic carbocycles. The summed E-state index contributed by atoms with van der Waals surface area (Å²) in [7, 11) is 3.63. The van der Waals surface area contributed by atoms with Crippen LogP contribution in [0.3, 0.4) is 0 Å². The fourth-order valence-corrected chi connectivity index (χ4v) is 3.00. The molecule has 3 rings (SSSR count). The van der Waals surface area contributed by atoms with Gasteiger partial charge < -0.3 is 5.32 Å². The van der Waals surface area contributed by atoms with Gasteiger partial charge in [0.1, 0.15) is 6.04 Å². The van der Waals surface area contributed by atoms with Gasteiger partial charge in [0.15, 0.2) is 0 Å². The minimum absolute atomic E-state index is 0.0457. The number of hydrogen-bond donors (Lipinski definition) is 1. The molecular weight excluding hydrogens is 264 g/mol. The fraction of sp³-hybridized carbons (Fsp3) is 0.375. The molecular formula is C16H20N4O. The minimum atomic E-state index is -0.227. The van der Waals surface area contributed by atoms with Crippen LogP contribution >= 0.6 is 0 Å². The average molecular weight is 284 g/mol. The number of fused-ring (bicyclic) bond motifs is 1. The Balaban J connectivity index is 1.93. The van der Waals surface area contributed by atoms with Crippen molar-refractivity contribution in [3.05, 3.63) is 53.3 Å². The molecule has 1 aromatic heterocycles. The maximum absolute atomic E-state index is 12.4. The molecule has 5 nitrogen and oxygen atoms in total. The molecule has 0 fully saturated rings. The Kier molecular flexibility index (Phi) is 3.75. The monoisotopic (exact) mass is 284 g/mol. The summed E-state index contributed by atoms with van der Waals surface area (Å²) in [5.74, 6) is 0.0457. The van der Waals surface area contributed by atoms with Crippen molar-refractivity contribution in [2.24, 2.45) is 7.05 Å². The molecule has 1 aliphatic rings. The highest BCUT2D eigenvalue weighted by molar-refractivity contribution is 5.83. The second-order valence-corrected chi connectivity index (χ2v) is 5.38. The highest BCUT2D eigenvalue weighted by Gasteiger charge is 2.32. The molecule has 1 amide bonds. The summed E-state index contributed by atoms with van der Waals surface area (Å²) in [5, 5.41) is 7.00. The number of carbonyl (C=O) groups is 1. The van der Waals surface area contributed by atoms with Crippen molar-refractivity contribution in [3.8, 4) is 0 Å². The summed E-state index contributed by atoms with van der Waals surface area (Å²) in [6.45, 7) is 1.60. The van der Waals surface area contributed by atoms with Gasteiger partial charge in [-0.25, -0.2) is 0 Å². The lowest BCUT2D eigenvalue weighted by atomic mass is 9.92. The van der Waals surface area contributed by atoms with Crippen molar-refractivity contribution in [3.63, 3.8) is 0 Å². The summed E-state index contributed by atoms with van der Waals surface area (Å²) < 4.78 is 1.86. The summed E-state index contributed by atoms with van der Waals surface area (Å²) in [6.07, 6.45) is 2.77. The summed E-state index contributed by atoms with van der Waals surface area (Å²) >= 11 is 0. The molecule has 2 heterocycles. The van der Waals surface area contributed by atoms with Crippen LogP contribution in [-0.4, -0.2) is 34.2 Å². The third-order valence-electron chi connectivity index (χ3n) is 4.17. The molecule has 0 aliphatic carbocycles. The van der Waals surface area contributed by atoms with Gasteiger partial charge in [-0.2, -0.15) is 5.10 Å². The molecule has 110 valence electrons. The third-order valence-corrected chi connectivity index (χ3v) is 4.17. The van der Waals surface area contributed by atoms with Gasteiger partial charge >= 0.3 is 0 Å². The Morgan fingerprint density at radius 2 is 2.19 bits per heavy atom. The molecule has 5 heteroatoms. The van der Waals surface area contributed by atoms with Crippen LogP contribution in [0.4, 0.5) is 0 Å². The molecule has 0 bridgehead atoms. The number of aryl methyl sites for hydroxylation is 1. The van der Waals surface area contributed by atoms with Gasteiger partial charge in [-0.1, -0.05) is 24.3 Å². The van der Waals surface area contributed by atoms with Crippen LogP contribution < -0.4 is 5.32 Å². The molecule has 0 saturated carbocycles. The SMILES string of the molecule is CNC(=O)C1c2ccccc2CCN1Cc1ccnn1C. The van der Waals surface area contributed by atoms with Crippen LogP contribution in [-0.2, 0) is 24.8 Å². The van der Waals surface area contributed by atoms with Crippen molar-refractivity contribution in [1.82, 2.24) is 20.0 Å². The summed E-state index contributed by atoms with van der Waals surface area (Å²) in [5.41, 5.74) is 3.50. The van der Waals surface area contributed by atoms with E-state index in [0.717, 1.165) is 30.8 Å². The van der Waals surface area contributed by atoms with Crippen molar-refractivity contribution in [2.45, 2.75) is 19.0 Å². The van der Waals surface area contributed by atoms with Gasteiger partial charge in [-0.3, -0.25) is 14.4 Å². The summed E-state index contributed by atoms with van der Waals surface area (Å²) in [4.78, 5) is 14.6. The molecule has 0 radical (unpaired) electrons. The lowest BCUT2D eigenvalue weighted by Gasteiger charge is -2.36.